The quantitative estimate of drug-likeness (QED) is 0.337. The van der Waals surface area contributed by atoms with E-state index in [2.05, 4.69) is 28.4 Å². The third kappa shape index (κ3) is 8.31. The highest BCUT2D eigenvalue weighted by Crippen LogP contribution is 2.25. The van der Waals surface area contributed by atoms with Crippen LogP contribution in [0.2, 0.25) is 0 Å². The molecule has 222 valence electrons. The molecule has 1 amide bonds. The van der Waals surface area contributed by atoms with Crippen molar-refractivity contribution in [1.29, 1.82) is 0 Å². The predicted molar refractivity (Wildman–Crippen MR) is 158 cm³/mol. The Morgan fingerprint density at radius 3 is 2.46 bits per heavy atom. The van der Waals surface area contributed by atoms with Gasteiger partial charge in [-0.15, -0.1) is 0 Å². The summed E-state index contributed by atoms with van der Waals surface area (Å²) in [6.45, 7) is 2.83. The maximum Gasteiger partial charge on any atom is 0.264 e. The molecule has 9 nitrogen and oxygen atoms in total. The van der Waals surface area contributed by atoms with Gasteiger partial charge in [0.25, 0.3) is 10.0 Å². The zero-order valence-electron chi connectivity index (χ0n) is 23.6. The van der Waals surface area contributed by atoms with E-state index in [9.17, 15) is 17.6 Å². The number of carbonyl (C=O) groups is 1. The lowest BCUT2D eigenvalue weighted by Gasteiger charge is -2.31. The first-order valence-corrected chi connectivity index (χ1v) is 15.5. The highest BCUT2D eigenvalue weighted by Gasteiger charge is 2.35. The number of aryl methyl sites for hydroxylation is 2. The average Bonchev–Trinajstić information content (AvgIpc) is 2.95. The number of nitrogens with zero attached hydrogens (tertiary/aromatic N) is 3. The van der Waals surface area contributed by atoms with Crippen LogP contribution in [0.25, 0.3) is 0 Å². The predicted octanol–water partition coefficient (Wildman–Crippen LogP) is 3.14. The molecule has 2 heterocycles. The van der Waals surface area contributed by atoms with Crippen LogP contribution in [0.1, 0.15) is 48.8 Å². The third-order valence-corrected chi connectivity index (χ3v) is 9.31. The maximum atomic E-state index is 13.1. The van der Waals surface area contributed by atoms with E-state index >= 15 is 0 Å². The Kier molecular flexibility index (Phi) is 10.4. The first-order chi connectivity index (χ1) is 19.6. The zero-order valence-corrected chi connectivity index (χ0v) is 24.4. The first kappa shape index (κ1) is 30.5. The molecule has 11 heteroatoms. The Labute approximate surface area is 242 Å². The molecule has 1 atom stereocenters. The van der Waals surface area contributed by atoms with Gasteiger partial charge in [0, 0.05) is 57.4 Å². The SMILES string of the molecule is CN(N)/C=C(\N)C[C@@H]1C(=O)NC=CN1S(=O)(=O)c1ccccc1.FC1CCN(Cc2ccc3c(c2)CCCC3)CC1. The summed E-state index contributed by atoms with van der Waals surface area (Å²) in [5.74, 6) is 5.02. The van der Waals surface area contributed by atoms with Gasteiger partial charge in [-0.05, 0) is 67.3 Å². The van der Waals surface area contributed by atoms with Crippen LogP contribution < -0.4 is 16.9 Å². The van der Waals surface area contributed by atoms with Crippen molar-refractivity contribution in [1.82, 2.24) is 19.5 Å². The Morgan fingerprint density at radius 1 is 1.10 bits per heavy atom. The van der Waals surface area contributed by atoms with Crippen LogP contribution in [-0.2, 0) is 34.2 Å². The minimum absolute atomic E-state index is 0.0176. The molecule has 5 rings (SSSR count). The number of fused-ring (bicyclic) bond motifs is 1. The summed E-state index contributed by atoms with van der Waals surface area (Å²) in [4.78, 5) is 14.6. The maximum absolute atomic E-state index is 13.1. The molecule has 0 aromatic heterocycles. The van der Waals surface area contributed by atoms with Crippen LogP contribution in [0.4, 0.5) is 4.39 Å². The summed E-state index contributed by atoms with van der Waals surface area (Å²) < 4.78 is 39.6. The molecule has 0 saturated carbocycles. The molecule has 2 aromatic rings. The number of hydrogen-bond donors (Lipinski definition) is 3. The minimum atomic E-state index is -3.86. The molecule has 1 saturated heterocycles. The standard InChI is InChI=1S/C16H22FN.C14H19N5O3S/c17-16-7-9-18(10-8-16)12-13-5-6-14-3-1-2-4-15(14)11-13;1-18(16)10-11(15)9-13-14(20)17-7-8-19(13)23(21,22)12-5-3-2-4-6-12/h5-6,11,16H,1-4,7-10,12H2;2-8,10,13H,9,15-16H2,1H3,(H,17,20)/b;11-10-/t;13-/m.1/s1. The van der Waals surface area contributed by atoms with E-state index in [4.69, 9.17) is 11.6 Å². The molecule has 0 unspecified atom stereocenters. The minimum Gasteiger partial charge on any atom is -0.401 e. The van der Waals surface area contributed by atoms with Gasteiger partial charge in [-0.2, -0.15) is 0 Å². The third-order valence-electron chi connectivity index (χ3n) is 7.51. The Morgan fingerprint density at radius 2 is 1.78 bits per heavy atom. The van der Waals surface area contributed by atoms with Crippen molar-refractivity contribution in [2.45, 2.75) is 68.6 Å². The van der Waals surface area contributed by atoms with E-state index in [-0.39, 0.29) is 11.3 Å². The highest BCUT2D eigenvalue weighted by molar-refractivity contribution is 7.89. The van der Waals surface area contributed by atoms with Gasteiger partial charge in [0.1, 0.15) is 12.2 Å². The van der Waals surface area contributed by atoms with E-state index in [0.29, 0.717) is 18.5 Å². The van der Waals surface area contributed by atoms with Crippen LogP contribution in [0.3, 0.4) is 0 Å². The molecule has 2 aliphatic heterocycles. The first-order valence-electron chi connectivity index (χ1n) is 14.1. The van der Waals surface area contributed by atoms with Crippen molar-refractivity contribution < 1.29 is 17.6 Å². The molecule has 2 aromatic carbocycles. The second kappa shape index (κ2) is 14.0. The number of sulfonamides is 1. The van der Waals surface area contributed by atoms with Crippen molar-refractivity contribution in [2.24, 2.45) is 11.6 Å². The fraction of sp³-hybridized carbons (Fsp3) is 0.433. The number of likely N-dealkylation sites (tertiary alicyclic amines) is 1. The number of hydrogen-bond acceptors (Lipinski definition) is 7. The second-order valence-electron chi connectivity index (χ2n) is 10.8. The highest BCUT2D eigenvalue weighted by atomic mass is 32.2. The van der Waals surface area contributed by atoms with Crippen molar-refractivity contribution in [3.63, 3.8) is 0 Å². The molecular weight excluding hydrogens is 543 g/mol. The van der Waals surface area contributed by atoms with E-state index in [1.54, 1.807) is 36.4 Å². The Bertz CT molecular complexity index is 1340. The summed E-state index contributed by atoms with van der Waals surface area (Å²) in [5.41, 5.74) is 10.6. The number of halogens is 1. The van der Waals surface area contributed by atoms with E-state index in [1.165, 1.54) is 67.0 Å². The molecule has 5 N–H and O–H groups in total. The van der Waals surface area contributed by atoms with Gasteiger partial charge in [0.15, 0.2) is 0 Å². The molecule has 1 aliphatic carbocycles. The summed E-state index contributed by atoms with van der Waals surface area (Å²) >= 11 is 0. The fourth-order valence-corrected chi connectivity index (χ4v) is 6.86. The van der Waals surface area contributed by atoms with Gasteiger partial charge in [-0.25, -0.2) is 18.7 Å². The van der Waals surface area contributed by atoms with Crippen molar-refractivity contribution in [3.8, 4) is 0 Å². The number of carbonyl (C=O) groups excluding carboxylic acids is 1. The van der Waals surface area contributed by atoms with Crippen LogP contribution in [0.15, 0.2) is 77.7 Å². The fourth-order valence-electron chi connectivity index (χ4n) is 5.39. The molecule has 0 bridgehead atoms. The number of piperidine rings is 1. The Balaban J connectivity index is 0.000000194. The lowest BCUT2D eigenvalue weighted by Crippen LogP contribution is -2.49. The number of benzene rings is 2. The van der Waals surface area contributed by atoms with Gasteiger partial charge < -0.3 is 16.1 Å². The average molecular weight is 585 g/mol. The second-order valence-corrected chi connectivity index (χ2v) is 12.7. The number of nitrogens with one attached hydrogen (secondary N) is 1. The summed E-state index contributed by atoms with van der Waals surface area (Å²) in [6.07, 6.45) is 10.1. The largest absolute Gasteiger partial charge is 0.401 e. The molecule has 0 spiro atoms. The van der Waals surface area contributed by atoms with Crippen LogP contribution >= 0.6 is 0 Å². The summed E-state index contributed by atoms with van der Waals surface area (Å²) in [7, 11) is -2.28. The van der Waals surface area contributed by atoms with Crippen LogP contribution in [0.5, 0.6) is 0 Å². The van der Waals surface area contributed by atoms with Gasteiger partial charge in [-0.1, -0.05) is 36.4 Å². The van der Waals surface area contributed by atoms with Crippen molar-refractivity contribution >= 4 is 15.9 Å². The Hall–Kier alpha value is -3.41. The number of amides is 1. The van der Waals surface area contributed by atoms with Crippen molar-refractivity contribution in [2.75, 3.05) is 20.1 Å². The van der Waals surface area contributed by atoms with Crippen molar-refractivity contribution in [3.05, 3.63) is 89.5 Å². The van der Waals surface area contributed by atoms with E-state index in [0.717, 1.165) is 23.9 Å². The number of nitrogens with two attached hydrogens (primary N) is 2. The summed E-state index contributed by atoms with van der Waals surface area (Å²) in [5, 5.41) is 3.73. The lowest BCUT2D eigenvalue weighted by molar-refractivity contribution is -0.124. The van der Waals surface area contributed by atoms with Crippen LogP contribution in [-0.4, -0.2) is 60.9 Å². The number of hydrazine groups is 1. The van der Waals surface area contributed by atoms with E-state index < -0.39 is 28.1 Å². The molecule has 41 heavy (non-hydrogen) atoms. The smallest absolute Gasteiger partial charge is 0.264 e. The summed E-state index contributed by atoms with van der Waals surface area (Å²) in [6, 6.07) is 13.9. The van der Waals surface area contributed by atoms with Gasteiger partial charge in [0.2, 0.25) is 5.91 Å². The molecule has 0 radical (unpaired) electrons. The normalized spacial score (nSPS) is 20.1. The molecule has 3 aliphatic rings. The molecular formula is C30H41FN6O3S. The zero-order chi connectivity index (χ0) is 29.4. The number of rotatable bonds is 7. The van der Waals surface area contributed by atoms with Gasteiger partial charge in [0.05, 0.1) is 4.90 Å². The van der Waals surface area contributed by atoms with E-state index in [1.807, 2.05) is 0 Å². The topological polar surface area (TPSA) is 125 Å². The van der Waals surface area contributed by atoms with Gasteiger partial charge in [-0.3, -0.25) is 14.0 Å². The molecule has 1 fully saturated rings. The lowest BCUT2D eigenvalue weighted by atomic mass is 9.90. The van der Waals surface area contributed by atoms with Crippen LogP contribution in [0, 0.1) is 0 Å². The van der Waals surface area contributed by atoms with Gasteiger partial charge >= 0.3 is 0 Å². The monoisotopic (exact) mass is 584 g/mol. The number of alkyl halides is 1.